The summed E-state index contributed by atoms with van der Waals surface area (Å²) >= 11 is 0. The van der Waals surface area contributed by atoms with E-state index in [0.717, 1.165) is 24.2 Å². The summed E-state index contributed by atoms with van der Waals surface area (Å²) in [4.78, 5) is 1.84. The number of nitrogens with zero attached hydrogens (tertiary/aromatic N) is 1. The number of aryl methyl sites for hydroxylation is 1. The van der Waals surface area contributed by atoms with Gasteiger partial charge in [-0.15, -0.1) is 0 Å². The monoisotopic (exact) mass is 350 g/mol. The number of halogens is 1. The normalized spacial score (nSPS) is 11.9. The lowest BCUT2D eigenvalue weighted by Crippen LogP contribution is -2.24. The average Bonchev–Trinajstić information content (AvgIpc) is 2.55. The molecule has 0 atom stereocenters. The van der Waals surface area contributed by atoms with E-state index in [9.17, 15) is 12.8 Å². The lowest BCUT2D eigenvalue weighted by Gasteiger charge is -2.14. The number of nitrogens with one attached hydrogen (secondary N) is 1. The van der Waals surface area contributed by atoms with Gasteiger partial charge in [0.2, 0.25) is 10.0 Å². The quantitative estimate of drug-likeness (QED) is 0.835. The minimum atomic E-state index is -3.89. The van der Waals surface area contributed by atoms with Crippen LogP contribution < -0.4 is 4.72 Å². The molecule has 6 heteroatoms. The van der Waals surface area contributed by atoms with Gasteiger partial charge in [-0.3, -0.25) is 0 Å². The fourth-order valence-corrected chi connectivity index (χ4v) is 3.51. The lowest BCUT2D eigenvalue weighted by atomic mass is 10.1. The van der Waals surface area contributed by atoms with Crippen molar-refractivity contribution in [3.8, 4) is 0 Å². The summed E-state index contributed by atoms with van der Waals surface area (Å²) in [6, 6.07) is 11.8. The molecular weight excluding hydrogens is 327 g/mol. The van der Waals surface area contributed by atoms with E-state index in [-0.39, 0.29) is 11.4 Å². The van der Waals surface area contributed by atoms with Crippen LogP contribution in [0.2, 0.25) is 0 Å². The van der Waals surface area contributed by atoms with Gasteiger partial charge in [0.05, 0.1) is 0 Å². The number of benzene rings is 2. The second kappa shape index (κ2) is 7.88. The molecule has 0 aliphatic heterocycles. The van der Waals surface area contributed by atoms with Crippen molar-refractivity contribution in [3.63, 3.8) is 0 Å². The Morgan fingerprint density at radius 2 is 1.83 bits per heavy atom. The molecule has 1 N–H and O–H groups in total. The Kier molecular flexibility index (Phi) is 6.10. The van der Waals surface area contributed by atoms with Crippen molar-refractivity contribution in [1.29, 1.82) is 0 Å². The van der Waals surface area contributed by atoms with Crippen LogP contribution in [0.5, 0.6) is 0 Å². The smallest absolute Gasteiger partial charge is 0.243 e. The molecule has 0 amide bonds. The van der Waals surface area contributed by atoms with Gasteiger partial charge in [0.25, 0.3) is 0 Å². The minimum absolute atomic E-state index is 0.124. The summed E-state index contributed by atoms with van der Waals surface area (Å²) in [5.74, 6) is -0.744. The van der Waals surface area contributed by atoms with E-state index in [1.165, 1.54) is 12.1 Å². The maximum Gasteiger partial charge on any atom is 0.243 e. The van der Waals surface area contributed by atoms with E-state index in [4.69, 9.17) is 0 Å². The second-order valence-corrected chi connectivity index (χ2v) is 7.64. The predicted octanol–water partition coefficient (Wildman–Crippen LogP) is 3.06. The number of sulfonamides is 1. The molecule has 130 valence electrons. The highest BCUT2D eigenvalue weighted by Crippen LogP contribution is 2.16. The third kappa shape index (κ3) is 4.87. The Morgan fingerprint density at radius 1 is 1.12 bits per heavy atom. The first-order valence-electron chi connectivity index (χ1n) is 7.84. The summed E-state index contributed by atoms with van der Waals surface area (Å²) in [5, 5.41) is 0. The van der Waals surface area contributed by atoms with Gasteiger partial charge in [-0.2, -0.15) is 0 Å². The maximum absolute atomic E-state index is 13.8. The molecule has 24 heavy (non-hydrogen) atoms. The maximum atomic E-state index is 13.8. The zero-order valence-corrected chi connectivity index (χ0v) is 15.0. The molecule has 0 spiro atoms. The first kappa shape index (κ1) is 18.6. The van der Waals surface area contributed by atoms with Crippen molar-refractivity contribution in [2.45, 2.75) is 31.8 Å². The summed E-state index contributed by atoms with van der Waals surface area (Å²) in [6.07, 6.45) is 0. The SMILES string of the molecule is CCN(C)Cc1cccc(CNS(=O)(=O)c2cc(C)ccc2F)c1. The van der Waals surface area contributed by atoms with Gasteiger partial charge in [-0.05, 0) is 49.3 Å². The van der Waals surface area contributed by atoms with Gasteiger partial charge in [0, 0.05) is 13.1 Å². The molecule has 0 aliphatic carbocycles. The van der Waals surface area contributed by atoms with Crippen LogP contribution in [-0.2, 0) is 23.1 Å². The molecule has 2 aromatic carbocycles. The van der Waals surface area contributed by atoms with E-state index in [2.05, 4.69) is 16.5 Å². The second-order valence-electron chi connectivity index (χ2n) is 5.91. The molecule has 0 saturated carbocycles. The van der Waals surface area contributed by atoms with E-state index in [1.807, 2.05) is 31.3 Å². The first-order chi connectivity index (χ1) is 11.3. The minimum Gasteiger partial charge on any atom is -0.302 e. The van der Waals surface area contributed by atoms with Crippen LogP contribution in [0.1, 0.15) is 23.6 Å². The van der Waals surface area contributed by atoms with Crippen LogP contribution in [0.4, 0.5) is 4.39 Å². The molecule has 0 bridgehead atoms. The molecule has 0 saturated heterocycles. The zero-order valence-electron chi connectivity index (χ0n) is 14.2. The fourth-order valence-electron chi connectivity index (χ4n) is 2.33. The Balaban J connectivity index is 2.12. The number of hydrogen-bond acceptors (Lipinski definition) is 3. The van der Waals surface area contributed by atoms with Crippen LogP contribution in [-0.4, -0.2) is 26.9 Å². The van der Waals surface area contributed by atoms with Gasteiger partial charge < -0.3 is 4.90 Å². The molecule has 4 nitrogen and oxygen atoms in total. The molecule has 0 fully saturated rings. The van der Waals surface area contributed by atoms with E-state index >= 15 is 0 Å². The highest BCUT2D eigenvalue weighted by atomic mass is 32.2. The van der Waals surface area contributed by atoms with Crippen LogP contribution in [0.25, 0.3) is 0 Å². The molecule has 0 aromatic heterocycles. The van der Waals surface area contributed by atoms with E-state index in [1.54, 1.807) is 13.0 Å². The van der Waals surface area contributed by atoms with Gasteiger partial charge in [-0.25, -0.2) is 17.5 Å². The van der Waals surface area contributed by atoms with Crippen LogP contribution in [0, 0.1) is 12.7 Å². The standard InChI is InChI=1S/C18H23FN2O2S/c1-4-21(3)13-16-7-5-6-15(11-16)12-20-24(22,23)18-10-14(2)8-9-17(18)19/h5-11,20H,4,12-13H2,1-3H3. The summed E-state index contributed by atoms with van der Waals surface area (Å²) in [7, 11) is -1.86. The molecule has 0 aliphatic rings. The Labute approximate surface area is 143 Å². The van der Waals surface area contributed by atoms with Gasteiger partial charge in [0.1, 0.15) is 10.7 Å². The summed E-state index contributed by atoms with van der Waals surface area (Å²) in [5.41, 5.74) is 2.65. The average molecular weight is 350 g/mol. The van der Waals surface area contributed by atoms with Crippen LogP contribution in [0.3, 0.4) is 0 Å². The summed E-state index contributed by atoms with van der Waals surface area (Å²) < 4.78 is 40.9. The predicted molar refractivity (Wildman–Crippen MR) is 93.6 cm³/mol. The molecule has 0 radical (unpaired) electrons. The van der Waals surface area contributed by atoms with Crippen molar-refractivity contribution in [2.75, 3.05) is 13.6 Å². The van der Waals surface area contributed by atoms with Gasteiger partial charge in [0.15, 0.2) is 0 Å². The van der Waals surface area contributed by atoms with Crippen LogP contribution >= 0.6 is 0 Å². The number of hydrogen-bond donors (Lipinski definition) is 1. The molecule has 0 heterocycles. The van der Waals surface area contributed by atoms with Gasteiger partial charge in [-0.1, -0.05) is 37.3 Å². The first-order valence-corrected chi connectivity index (χ1v) is 9.32. The molecule has 2 rings (SSSR count). The van der Waals surface area contributed by atoms with E-state index in [0.29, 0.717) is 5.56 Å². The van der Waals surface area contributed by atoms with Crippen molar-refractivity contribution in [3.05, 3.63) is 65.0 Å². The van der Waals surface area contributed by atoms with E-state index < -0.39 is 15.8 Å². The molecule has 0 unspecified atom stereocenters. The highest BCUT2D eigenvalue weighted by Gasteiger charge is 2.18. The van der Waals surface area contributed by atoms with Crippen molar-refractivity contribution < 1.29 is 12.8 Å². The molecule has 2 aromatic rings. The number of rotatable bonds is 7. The van der Waals surface area contributed by atoms with Crippen molar-refractivity contribution >= 4 is 10.0 Å². The third-order valence-corrected chi connectivity index (χ3v) is 5.24. The summed E-state index contributed by atoms with van der Waals surface area (Å²) in [6.45, 7) is 5.66. The Bertz CT molecular complexity index is 806. The Hall–Kier alpha value is -1.76. The lowest BCUT2D eigenvalue weighted by molar-refractivity contribution is 0.345. The molecular formula is C18H23FN2O2S. The third-order valence-electron chi connectivity index (χ3n) is 3.83. The van der Waals surface area contributed by atoms with Gasteiger partial charge >= 0.3 is 0 Å². The Morgan fingerprint density at radius 3 is 2.54 bits per heavy atom. The van der Waals surface area contributed by atoms with Crippen molar-refractivity contribution in [2.24, 2.45) is 0 Å². The van der Waals surface area contributed by atoms with Crippen molar-refractivity contribution in [1.82, 2.24) is 9.62 Å². The topological polar surface area (TPSA) is 49.4 Å². The largest absolute Gasteiger partial charge is 0.302 e. The zero-order chi connectivity index (χ0) is 17.7. The highest BCUT2D eigenvalue weighted by molar-refractivity contribution is 7.89. The van der Waals surface area contributed by atoms with Crippen LogP contribution in [0.15, 0.2) is 47.4 Å². The fraction of sp³-hybridized carbons (Fsp3) is 0.333.